The third-order valence-corrected chi connectivity index (χ3v) is 3.60. The summed E-state index contributed by atoms with van der Waals surface area (Å²) in [4.78, 5) is 4.78. The molecule has 1 aliphatic carbocycles. The van der Waals surface area contributed by atoms with Gasteiger partial charge >= 0.3 is 0 Å². The quantitative estimate of drug-likeness (QED) is 0.809. The van der Waals surface area contributed by atoms with Crippen LogP contribution in [0, 0.1) is 0 Å². The Kier molecular flexibility index (Phi) is 3.15. The normalized spacial score (nSPS) is 13.8. The first-order valence-corrected chi connectivity index (χ1v) is 6.74. The predicted octanol–water partition coefficient (Wildman–Crippen LogP) is 2.48. The third kappa shape index (κ3) is 1.95. The first-order chi connectivity index (χ1) is 8.90. The van der Waals surface area contributed by atoms with Crippen molar-refractivity contribution in [2.45, 2.75) is 25.7 Å². The number of fused-ring (bicyclic) bond motifs is 2. The van der Waals surface area contributed by atoms with E-state index in [0.717, 1.165) is 37.9 Å². The van der Waals surface area contributed by atoms with Crippen molar-refractivity contribution >= 4 is 16.6 Å². The van der Waals surface area contributed by atoms with Crippen LogP contribution in [-0.2, 0) is 12.8 Å². The molecular formula is C15H19N3. The van der Waals surface area contributed by atoms with E-state index in [9.17, 15) is 0 Å². The number of aromatic nitrogens is 1. The molecule has 0 aliphatic heterocycles. The number of hydrogen-bond donors (Lipinski definition) is 2. The molecule has 1 heterocycles. The summed E-state index contributed by atoms with van der Waals surface area (Å²) in [6.45, 7) is 1.68. The van der Waals surface area contributed by atoms with Crippen molar-refractivity contribution < 1.29 is 0 Å². The number of aryl methyl sites for hydroxylation is 1. The summed E-state index contributed by atoms with van der Waals surface area (Å²) in [5, 5.41) is 4.81. The van der Waals surface area contributed by atoms with Gasteiger partial charge in [0.15, 0.2) is 0 Å². The summed E-state index contributed by atoms with van der Waals surface area (Å²) in [6, 6.07) is 8.40. The number of rotatable bonds is 4. The van der Waals surface area contributed by atoms with Crippen LogP contribution in [0.15, 0.2) is 24.3 Å². The van der Waals surface area contributed by atoms with Crippen LogP contribution in [0.1, 0.15) is 24.1 Å². The minimum Gasteiger partial charge on any atom is -0.384 e. The van der Waals surface area contributed by atoms with Crippen LogP contribution < -0.4 is 11.1 Å². The van der Waals surface area contributed by atoms with E-state index in [4.69, 9.17) is 10.7 Å². The molecule has 18 heavy (non-hydrogen) atoms. The van der Waals surface area contributed by atoms with Crippen molar-refractivity contribution in [1.82, 2.24) is 4.98 Å². The van der Waals surface area contributed by atoms with E-state index in [1.807, 2.05) is 0 Å². The standard InChI is InChI=1S/C15H19N3/c16-9-4-10-17-15-11-5-1-2-7-13(11)18-14-8-3-6-12(14)15/h1-2,5,7H,3-4,6,8-10,16H2,(H,17,18). The van der Waals surface area contributed by atoms with Gasteiger partial charge in [0.1, 0.15) is 0 Å². The van der Waals surface area contributed by atoms with Crippen molar-refractivity contribution in [2.75, 3.05) is 18.4 Å². The summed E-state index contributed by atoms with van der Waals surface area (Å²) >= 11 is 0. The molecule has 3 rings (SSSR count). The van der Waals surface area contributed by atoms with Crippen molar-refractivity contribution in [2.24, 2.45) is 5.73 Å². The maximum Gasteiger partial charge on any atom is 0.0726 e. The van der Waals surface area contributed by atoms with E-state index in [1.165, 1.54) is 28.8 Å². The van der Waals surface area contributed by atoms with Crippen LogP contribution in [0.2, 0.25) is 0 Å². The highest BCUT2D eigenvalue weighted by Crippen LogP contribution is 2.33. The lowest BCUT2D eigenvalue weighted by atomic mass is 10.1. The molecule has 1 aromatic heterocycles. The van der Waals surface area contributed by atoms with Crippen LogP contribution in [0.3, 0.4) is 0 Å². The average molecular weight is 241 g/mol. The highest BCUT2D eigenvalue weighted by molar-refractivity contribution is 5.93. The second-order valence-corrected chi connectivity index (χ2v) is 4.85. The van der Waals surface area contributed by atoms with Gasteiger partial charge in [-0.05, 0) is 43.9 Å². The number of nitrogens with one attached hydrogen (secondary N) is 1. The summed E-state index contributed by atoms with van der Waals surface area (Å²) in [5.41, 5.74) is 10.7. The number of nitrogens with two attached hydrogens (primary N) is 1. The molecule has 3 nitrogen and oxygen atoms in total. The molecule has 0 atom stereocenters. The topological polar surface area (TPSA) is 50.9 Å². The third-order valence-electron chi connectivity index (χ3n) is 3.60. The molecule has 0 fully saturated rings. The molecule has 3 N–H and O–H groups in total. The minimum atomic E-state index is 0.734. The molecule has 1 aromatic carbocycles. The van der Waals surface area contributed by atoms with Gasteiger partial charge in [-0.15, -0.1) is 0 Å². The molecule has 0 saturated carbocycles. The molecule has 0 spiro atoms. The zero-order valence-corrected chi connectivity index (χ0v) is 10.6. The number of para-hydroxylation sites is 1. The Morgan fingerprint density at radius 2 is 2.11 bits per heavy atom. The maximum atomic E-state index is 5.57. The Balaban J connectivity index is 2.07. The highest BCUT2D eigenvalue weighted by atomic mass is 14.9. The van der Waals surface area contributed by atoms with Crippen LogP contribution in [-0.4, -0.2) is 18.1 Å². The van der Waals surface area contributed by atoms with E-state index in [-0.39, 0.29) is 0 Å². The monoisotopic (exact) mass is 241 g/mol. The van der Waals surface area contributed by atoms with Crippen LogP contribution in [0.25, 0.3) is 10.9 Å². The molecule has 94 valence electrons. The Labute approximate surface area is 107 Å². The Hall–Kier alpha value is -1.61. The average Bonchev–Trinajstić information content (AvgIpc) is 2.86. The Morgan fingerprint density at radius 1 is 1.22 bits per heavy atom. The van der Waals surface area contributed by atoms with Crippen LogP contribution >= 0.6 is 0 Å². The molecule has 0 bridgehead atoms. The van der Waals surface area contributed by atoms with Crippen LogP contribution in [0.4, 0.5) is 5.69 Å². The van der Waals surface area contributed by atoms with Gasteiger partial charge in [-0.1, -0.05) is 18.2 Å². The first kappa shape index (κ1) is 11.5. The fourth-order valence-corrected chi connectivity index (χ4v) is 2.73. The molecular weight excluding hydrogens is 222 g/mol. The zero-order valence-electron chi connectivity index (χ0n) is 10.6. The zero-order chi connectivity index (χ0) is 12.4. The summed E-state index contributed by atoms with van der Waals surface area (Å²) < 4.78 is 0. The van der Waals surface area contributed by atoms with Gasteiger partial charge in [-0.25, -0.2) is 0 Å². The smallest absolute Gasteiger partial charge is 0.0726 e. The Morgan fingerprint density at radius 3 is 3.00 bits per heavy atom. The lowest BCUT2D eigenvalue weighted by Gasteiger charge is -2.14. The lowest BCUT2D eigenvalue weighted by Crippen LogP contribution is -2.10. The van der Waals surface area contributed by atoms with E-state index >= 15 is 0 Å². The molecule has 0 radical (unpaired) electrons. The molecule has 2 aromatic rings. The second kappa shape index (κ2) is 4.94. The van der Waals surface area contributed by atoms with Gasteiger partial charge in [-0.2, -0.15) is 0 Å². The molecule has 0 saturated heterocycles. The lowest BCUT2D eigenvalue weighted by molar-refractivity contribution is 0.871. The molecule has 3 heteroatoms. The number of pyridine rings is 1. The van der Waals surface area contributed by atoms with Gasteiger partial charge in [0.2, 0.25) is 0 Å². The molecule has 1 aliphatic rings. The predicted molar refractivity (Wildman–Crippen MR) is 75.9 cm³/mol. The fraction of sp³-hybridized carbons (Fsp3) is 0.400. The van der Waals surface area contributed by atoms with Gasteiger partial charge in [0, 0.05) is 23.3 Å². The highest BCUT2D eigenvalue weighted by Gasteiger charge is 2.18. The maximum absolute atomic E-state index is 5.57. The summed E-state index contributed by atoms with van der Waals surface area (Å²) in [6.07, 6.45) is 4.50. The number of benzene rings is 1. The number of nitrogens with zero attached hydrogens (tertiary/aromatic N) is 1. The minimum absolute atomic E-state index is 0.734. The van der Waals surface area contributed by atoms with Crippen molar-refractivity contribution in [3.8, 4) is 0 Å². The van der Waals surface area contributed by atoms with E-state index in [1.54, 1.807) is 0 Å². The van der Waals surface area contributed by atoms with Gasteiger partial charge in [0.05, 0.1) is 5.52 Å². The van der Waals surface area contributed by atoms with Crippen LogP contribution in [0.5, 0.6) is 0 Å². The van der Waals surface area contributed by atoms with Gasteiger partial charge < -0.3 is 11.1 Å². The van der Waals surface area contributed by atoms with Crippen molar-refractivity contribution in [3.63, 3.8) is 0 Å². The van der Waals surface area contributed by atoms with E-state index in [0.29, 0.717) is 0 Å². The largest absolute Gasteiger partial charge is 0.384 e. The summed E-state index contributed by atoms with van der Waals surface area (Å²) in [5.74, 6) is 0. The molecule has 0 unspecified atom stereocenters. The summed E-state index contributed by atoms with van der Waals surface area (Å²) in [7, 11) is 0. The van der Waals surface area contributed by atoms with Gasteiger partial charge in [0.25, 0.3) is 0 Å². The van der Waals surface area contributed by atoms with Crippen molar-refractivity contribution in [3.05, 3.63) is 35.5 Å². The fourth-order valence-electron chi connectivity index (χ4n) is 2.73. The first-order valence-electron chi connectivity index (χ1n) is 6.74. The van der Waals surface area contributed by atoms with Gasteiger partial charge in [-0.3, -0.25) is 4.98 Å². The second-order valence-electron chi connectivity index (χ2n) is 4.85. The Bertz CT molecular complexity index is 563. The number of anilines is 1. The van der Waals surface area contributed by atoms with E-state index < -0.39 is 0 Å². The SMILES string of the molecule is NCCCNc1c2c(nc3ccccc13)CCC2. The number of hydrogen-bond acceptors (Lipinski definition) is 3. The van der Waals surface area contributed by atoms with Crippen molar-refractivity contribution in [1.29, 1.82) is 0 Å². The van der Waals surface area contributed by atoms with E-state index in [2.05, 4.69) is 29.6 Å². The molecule has 0 amide bonds.